The van der Waals surface area contributed by atoms with Crippen molar-refractivity contribution in [3.63, 3.8) is 0 Å². The molecule has 1 atom stereocenters. The Labute approximate surface area is 230 Å². The topological polar surface area (TPSA) is 75.7 Å². The predicted molar refractivity (Wildman–Crippen MR) is 147 cm³/mol. The lowest BCUT2D eigenvalue weighted by Crippen LogP contribution is -2.45. The summed E-state index contributed by atoms with van der Waals surface area (Å²) in [6, 6.07) is 17.0. The van der Waals surface area contributed by atoms with Crippen LogP contribution in [0, 0.1) is 5.82 Å². The lowest BCUT2D eigenvalue weighted by molar-refractivity contribution is -0.129. The van der Waals surface area contributed by atoms with E-state index in [1.54, 1.807) is 24.3 Å². The Kier molecular flexibility index (Phi) is 7.22. The molecule has 6 nitrogen and oxygen atoms in total. The molecule has 1 unspecified atom stereocenters. The van der Waals surface area contributed by atoms with Crippen LogP contribution in [0.2, 0.25) is 0 Å². The second-order valence-electron chi connectivity index (χ2n) is 9.50. The Hall–Kier alpha value is -2.82. The van der Waals surface area contributed by atoms with Crippen LogP contribution in [0.5, 0.6) is 5.75 Å². The monoisotopic (exact) mass is 604 g/mol. The lowest BCUT2D eigenvalue weighted by Gasteiger charge is -2.28. The molecule has 1 amide bonds. The summed E-state index contributed by atoms with van der Waals surface area (Å²) in [4.78, 5) is 14.8. The number of thiocarbonyl (C=S) groups is 1. The normalized spacial score (nSPS) is 18.2. The minimum absolute atomic E-state index is 0.0155. The van der Waals surface area contributed by atoms with Gasteiger partial charge in [0.1, 0.15) is 16.5 Å². The summed E-state index contributed by atoms with van der Waals surface area (Å²) in [6.45, 7) is 6.26. The zero-order valence-corrected chi connectivity index (χ0v) is 23.9. The third kappa shape index (κ3) is 4.89. The van der Waals surface area contributed by atoms with Crippen molar-refractivity contribution in [1.29, 1.82) is 0 Å². The molecule has 194 valence electrons. The molecule has 0 saturated carbocycles. The fourth-order valence-corrected chi connectivity index (χ4v) is 5.70. The molecule has 1 heterocycles. The maximum atomic E-state index is 14.0. The van der Waals surface area contributed by atoms with Crippen molar-refractivity contribution in [3.05, 3.63) is 93.7 Å². The molecule has 1 N–H and O–H groups in total. The quantitative estimate of drug-likeness (QED) is 0.278. The van der Waals surface area contributed by atoms with Crippen LogP contribution in [0.3, 0.4) is 0 Å². The smallest absolute Gasteiger partial charge is 0.339 e. The SMILES string of the molecule is CCC(C)(C)c1ccc(S(=O)(=O)Oc2cccc(C3(c4ccc(F)c(Br)c4)NC(=S)N(C)C3=O)c2)cc1. The van der Waals surface area contributed by atoms with Crippen LogP contribution in [-0.2, 0) is 25.9 Å². The second-order valence-corrected chi connectivity index (χ2v) is 12.3. The third-order valence-electron chi connectivity index (χ3n) is 6.86. The fraction of sp³-hybridized carbons (Fsp3) is 0.259. The molecule has 0 aromatic heterocycles. The Morgan fingerprint density at radius 1 is 1.08 bits per heavy atom. The Morgan fingerprint density at radius 3 is 2.30 bits per heavy atom. The number of hydrogen-bond acceptors (Lipinski definition) is 5. The maximum absolute atomic E-state index is 14.0. The molecule has 0 bridgehead atoms. The van der Waals surface area contributed by atoms with E-state index >= 15 is 0 Å². The lowest BCUT2D eigenvalue weighted by atomic mass is 9.82. The molecule has 0 aliphatic carbocycles. The van der Waals surface area contributed by atoms with E-state index in [2.05, 4.69) is 42.0 Å². The number of hydrogen-bond donors (Lipinski definition) is 1. The van der Waals surface area contributed by atoms with Crippen LogP contribution in [-0.4, -0.2) is 31.4 Å². The summed E-state index contributed by atoms with van der Waals surface area (Å²) in [5.41, 5.74) is 0.241. The molecule has 1 aliphatic rings. The molecule has 1 saturated heterocycles. The minimum Gasteiger partial charge on any atom is -0.379 e. The summed E-state index contributed by atoms with van der Waals surface area (Å²) in [6.07, 6.45) is 0.903. The highest BCUT2D eigenvalue weighted by atomic mass is 79.9. The largest absolute Gasteiger partial charge is 0.379 e. The minimum atomic E-state index is -4.15. The first kappa shape index (κ1) is 27.2. The number of rotatable bonds is 7. The third-order valence-corrected chi connectivity index (χ3v) is 9.10. The highest BCUT2D eigenvalue weighted by Crippen LogP contribution is 2.39. The van der Waals surface area contributed by atoms with E-state index in [-0.39, 0.29) is 25.6 Å². The van der Waals surface area contributed by atoms with Gasteiger partial charge in [0.15, 0.2) is 10.7 Å². The van der Waals surface area contributed by atoms with Gasteiger partial charge in [-0.05, 0) is 93.1 Å². The van der Waals surface area contributed by atoms with Crippen molar-refractivity contribution in [2.75, 3.05) is 7.05 Å². The van der Waals surface area contributed by atoms with Crippen molar-refractivity contribution >= 4 is 49.3 Å². The van der Waals surface area contributed by atoms with Crippen LogP contribution < -0.4 is 9.50 Å². The van der Waals surface area contributed by atoms with Gasteiger partial charge >= 0.3 is 10.1 Å². The second kappa shape index (κ2) is 9.81. The van der Waals surface area contributed by atoms with Crippen LogP contribution >= 0.6 is 28.1 Å². The average Bonchev–Trinajstić information content (AvgIpc) is 3.10. The Balaban J connectivity index is 1.74. The summed E-state index contributed by atoms with van der Waals surface area (Å²) in [5, 5.41) is 3.23. The van der Waals surface area contributed by atoms with E-state index < -0.39 is 27.4 Å². The number of halogens is 2. The summed E-state index contributed by atoms with van der Waals surface area (Å²) in [5.74, 6) is -0.868. The highest BCUT2D eigenvalue weighted by molar-refractivity contribution is 9.10. The highest BCUT2D eigenvalue weighted by Gasteiger charge is 2.51. The van der Waals surface area contributed by atoms with Crippen molar-refractivity contribution in [1.82, 2.24) is 10.2 Å². The van der Waals surface area contributed by atoms with Crippen molar-refractivity contribution < 1.29 is 21.8 Å². The van der Waals surface area contributed by atoms with Gasteiger partial charge in [0.2, 0.25) is 0 Å². The zero-order chi connectivity index (χ0) is 27.2. The molecular formula is C27H26BrFN2O4S2. The van der Waals surface area contributed by atoms with Crippen molar-refractivity contribution in [2.45, 2.75) is 43.0 Å². The molecule has 37 heavy (non-hydrogen) atoms. The van der Waals surface area contributed by atoms with Crippen LogP contribution in [0.15, 0.2) is 76.1 Å². The molecule has 0 spiro atoms. The number of carbonyl (C=O) groups excluding carboxylic acids is 1. The Bertz CT molecular complexity index is 1490. The van der Waals surface area contributed by atoms with E-state index in [4.69, 9.17) is 16.4 Å². The number of carbonyl (C=O) groups is 1. The van der Waals surface area contributed by atoms with Gasteiger partial charge in [0.05, 0.1) is 4.47 Å². The summed E-state index contributed by atoms with van der Waals surface area (Å²) in [7, 11) is -2.62. The van der Waals surface area contributed by atoms with Crippen LogP contribution in [0.1, 0.15) is 43.9 Å². The number of benzene rings is 3. The van der Waals surface area contributed by atoms with E-state index in [0.29, 0.717) is 11.1 Å². The maximum Gasteiger partial charge on any atom is 0.339 e. The van der Waals surface area contributed by atoms with E-state index in [0.717, 1.165) is 12.0 Å². The number of amides is 1. The van der Waals surface area contributed by atoms with Crippen molar-refractivity contribution in [3.8, 4) is 5.75 Å². The average molecular weight is 606 g/mol. The first-order chi connectivity index (χ1) is 17.3. The van der Waals surface area contributed by atoms with E-state index in [1.165, 1.54) is 54.4 Å². The zero-order valence-electron chi connectivity index (χ0n) is 20.7. The van der Waals surface area contributed by atoms with Crippen LogP contribution in [0.25, 0.3) is 0 Å². The summed E-state index contributed by atoms with van der Waals surface area (Å²) >= 11 is 8.51. The summed E-state index contributed by atoms with van der Waals surface area (Å²) < 4.78 is 45.8. The van der Waals surface area contributed by atoms with Crippen LogP contribution in [0.4, 0.5) is 4.39 Å². The molecule has 3 aromatic rings. The van der Waals surface area contributed by atoms with E-state index in [9.17, 15) is 17.6 Å². The van der Waals surface area contributed by atoms with Gasteiger partial charge < -0.3 is 9.50 Å². The van der Waals surface area contributed by atoms with Gasteiger partial charge in [-0.3, -0.25) is 9.69 Å². The van der Waals surface area contributed by atoms with Gasteiger partial charge in [-0.25, -0.2) is 4.39 Å². The predicted octanol–water partition coefficient (Wildman–Crippen LogP) is 5.63. The molecule has 0 radical (unpaired) electrons. The molecule has 3 aromatic carbocycles. The van der Waals surface area contributed by atoms with Gasteiger partial charge in [0.25, 0.3) is 5.91 Å². The molecule has 10 heteroatoms. The number of likely N-dealkylation sites (N-methyl/N-ethyl adjacent to an activating group) is 1. The first-order valence-electron chi connectivity index (χ1n) is 11.5. The molecular weight excluding hydrogens is 579 g/mol. The van der Waals surface area contributed by atoms with Crippen molar-refractivity contribution in [2.24, 2.45) is 0 Å². The number of nitrogens with one attached hydrogen (secondary N) is 1. The fourth-order valence-electron chi connectivity index (χ4n) is 4.16. The Morgan fingerprint density at radius 2 is 1.73 bits per heavy atom. The van der Waals surface area contributed by atoms with Gasteiger partial charge in [-0.2, -0.15) is 8.42 Å². The van der Waals surface area contributed by atoms with E-state index in [1.807, 2.05) is 0 Å². The number of nitrogens with zero attached hydrogens (tertiary/aromatic N) is 1. The standard InChI is InChI=1S/C27H26BrFN2O4S2/c1-5-26(2,3)17-9-12-21(13-10-17)37(33,34)35-20-8-6-7-18(15-20)27(24(32)31(4)25(36)30-27)19-11-14-23(29)22(28)16-19/h6-16H,5H2,1-4H3,(H,30,36). The van der Waals surface area contributed by atoms with Gasteiger partial charge in [-0.1, -0.05) is 51.1 Å². The first-order valence-corrected chi connectivity index (χ1v) is 14.1. The molecule has 1 aliphatic heterocycles. The molecule has 1 fully saturated rings. The van der Waals surface area contributed by atoms with Gasteiger partial charge in [-0.15, -0.1) is 0 Å². The van der Waals surface area contributed by atoms with Gasteiger partial charge in [0, 0.05) is 7.05 Å². The molecule has 4 rings (SSSR count).